The number of rotatable bonds is 4. The van der Waals surface area contributed by atoms with Gasteiger partial charge in [-0.05, 0) is 42.8 Å². The van der Waals surface area contributed by atoms with Crippen LogP contribution in [0.25, 0.3) is 0 Å². The molecule has 1 amide bonds. The van der Waals surface area contributed by atoms with Crippen molar-refractivity contribution in [2.45, 2.75) is 17.7 Å². The first-order valence-electron chi connectivity index (χ1n) is 7.36. The van der Waals surface area contributed by atoms with Crippen LogP contribution < -0.4 is 9.62 Å². The van der Waals surface area contributed by atoms with E-state index in [0.717, 1.165) is 6.42 Å². The Kier molecular flexibility index (Phi) is 5.16. The first-order chi connectivity index (χ1) is 11.8. The number of carbonyl (C=O) groups excluding carboxylic acids is 1. The van der Waals surface area contributed by atoms with Crippen LogP contribution in [-0.4, -0.2) is 20.9 Å². The minimum absolute atomic E-state index is 0.0383. The van der Waals surface area contributed by atoms with E-state index in [9.17, 15) is 13.2 Å². The number of anilines is 2. The fourth-order valence-electron chi connectivity index (χ4n) is 2.53. The van der Waals surface area contributed by atoms with Crippen molar-refractivity contribution in [3.63, 3.8) is 0 Å². The van der Waals surface area contributed by atoms with Gasteiger partial charge in [0.05, 0.1) is 25.7 Å². The quantitative estimate of drug-likeness (QED) is 0.738. The maximum atomic E-state index is 12.5. The molecule has 2 aromatic carbocycles. The normalized spacial score (nSPS) is 14.8. The van der Waals surface area contributed by atoms with E-state index in [2.05, 4.69) is 4.72 Å². The molecule has 2 aromatic rings. The van der Waals surface area contributed by atoms with Crippen molar-refractivity contribution in [3.05, 3.63) is 51.5 Å². The summed E-state index contributed by atoms with van der Waals surface area (Å²) in [5.74, 6) is 0.0383. The number of nitrogens with zero attached hydrogens (tertiary/aromatic N) is 1. The summed E-state index contributed by atoms with van der Waals surface area (Å²) in [5.41, 5.74) is 0.809. The molecule has 0 radical (unpaired) electrons. The number of carbonyl (C=O) groups is 1. The molecule has 1 N–H and O–H groups in total. The van der Waals surface area contributed by atoms with Crippen LogP contribution in [0.5, 0.6) is 0 Å². The van der Waals surface area contributed by atoms with Gasteiger partial charge in [0.2, 0.25) is 5.91 Å². The third kappa shape index (κ3) is 3.87. The second kappa shape index (κ2) is 7.03. The highest BCUT2D eigenvalue weighted by Crippen LogP contribution is 2.33. The zero-order valence-corrected chi connectivity index (χ0v) is 15.9. The molecule has 25 heavy (non-hydrogen) atoms. The number of halogens is 3. The van der Waals surface area contributed by atoms with Gasteiger partial charge in [-0.15, -0.1) is 0 Å². The summed E-state index contributed by atoms with van der Waals surface area (Å²) in [6.45, 7) is 0.641. The van der Waals surface area contributed by atoms with Crippen molar-refractivity contribution < 1.29 is 13.2 Å². The molecular weight excluding hydrogens is 407 g/mol. The maximum absolute atomic E-state index is 12.5. The fourth-order valence-corrected chi connectivity index (χ4v) is 4.25. The molecule has 0 aliphatic carbocycles. The van der Waals surface area contributed by atoms with Gasteiger partial charge < -0.3 is 4.90 Å². The summed E-state index contributed by atoms with van der Waals surface area (Å²) in [5, 5.41) is 0.554. The minimum atomic E-state index is -3.86. The number of sulfonamides is 1. The zero-order chi connectivity index (χ0) is 18.2. The van der Waals surface area contributed by atoms with Crippen LogP contribution >= 0.6 is 34.8 Å². The van der Waals surface area contributed by atoms with Gasteiger partial charge in [0.15, 0.2) is 0 Å². The lowest BCUT2D eigenvalue weighted by Crippen LogP contribution is -2.23. The van der Waals surface area contributed by atoms with Crippen LogP contribution in [0, 0.1) is 0 Å². The van der Waals surface area contributed by atoms with Crippen molar-refractivity contribution in [2.24, 2.45) is 0 Å². The fraction of sp³-hybridized carbons (Fsp3) is 0.188. The minimum Gasteiger partial charge on any atom is -0.312 e. The Balaban J connectivity index is 1.85. The van der Waals surface area contributed by atoms with Crippen molar-refractivity contribution >= 4 is 62.1 Å². The van der Waals surface area contributed by atoms with Gasteiger partial charge in [-0.1, -0.05) is 34.8 Å². The zero-order valence-electron chi connectivity index (χ0n) is 12.8. The van der Waals surface area contributed by atoms with Crippen LogP contribution in [0.1, 0.15) is 12.8 Å². The molecule has 0 aromatic heterocycles. The SMILES string of the molecule is O=C1CCCN1c1ccc(S(=O)(=O)Nc2cc(Cl)c(Cl)cc2Cl)cc1. The summed E-state index contributed by atoms with van der Waals surface area (Å²) in [7, 11) is -3.86. The number of benzene rings is 2. The van der Waals surface area contributed by atoms with Gasteiger partial charge >= 0.3 is 0 Å². The van der Waals surface area contributed by atoms with Crippen LogP contribution in [0.2, 0.25) is 15.1 Å². The molecule has 0 saturated carbocycles. The summed E-state index contributed by atoms with van der Waals surface area (Å²) >= 11 is 17.8. The molecule has 0 unspecified atom stereocenters. The number of hydrogen-bond acceptors (Lipinski definition) is 3. The number of hydrogen-bond donors (Lipinski definition) is 1. The second-order valence-electron chi connectivity index (χ2n) is 5.49. The molecular formula is C16H13Cl3N2O3S. The Morgan fingerprint density at radius 2 is 1.60 bits per heavy atom. The second-order valence-corrected chi connectivity index (χ2v) is 8.40. The molecule has 5 nitrogen and oxygen atoms in total. The van der Waals surface area contributed by atoms with E-state index < -0.39 is 10.0 Å². The average molecular weight is 420 g/mol. The summed E-state index contributed by atoms with van der Waals surface area (Å²) < 4.78 is 27.4. The standard InChI is InChI=1S/C16H13Cl3N2O3S/c17-12-8-14(19)15(9-13(12)18)20-25(23,24)11-5-3-10(4-6-11)21-7-1-2-16(21)22/h3-6,8-9,20H,1-2,7H2. The monoisotopic (exact) mass is 418 g/mol. The van der Waals surface area contributed by atoms with Crippen LogP contribution in [-0.2, 0) is 14.8 Å². The molecule has 132 valence electrons. The third-order valence-corrected chi connectivity index (χ3v) is 6.20. The first kappa shape index (κ1) is 18.3. The van der Waals surface area contributed by atoms with Gasteiger partial charge in [-0.25, -0.2) is 8.42 Å². The molecule has 1 aliphatic heterocycles. The molecule has 0 atom stereocenters. The molecule has 1 saturated heterocycles. The molecule has 0 spiro atoms. The summed E-state index contributed by atoms with van der Waals surface area (Å²) in [6.07, 6.45) is 1.31. The summed E-state index contributed by atoms with van der Waals surface area (Å²) in [6, 6.07) is 8.80. The highest BCUT2D eigenvalue weighted by molar-refractivity contribution is 7.92. The summed E-state index contributed by atoms with van der Waals surface area (Å²) in [4.78, 5) is 13.4. The first-order valence-corrected chi connectivity index (χ1v) is 9.97. The lowest BCUT2D eigenvalue weighted by Gasteiger charge is -2.16. The van der Waals surface area contributed by atoms with E-state index in [1.807, 2.05) is 0 Å². The lowest BCUT2D eigenvalue weighted by molar-refractivity contribution is -0.117. The highest BCUT2D eigenvalue weighted by Gasteiger charge is 2.23. The molecule has 3 rings (SSSR count). The van der Waals surface area contributed by atoms with Crippen molar-refractivity contribution in [3.8, 4) is 0 Å². The van der Waals surface area contributed by atoms with Crippen LogP contribution in [0.4, 0.5) is 11.4 Å². The van der Waals surface area contributed by atoms with E-state index in [0.29, 0.717) is 18.7 Å². The Bertz CT molecular complexity index is 930. The van der Waals surface area contributed by atoms with Gasteiger partial charge in [-0.2, -0.15) is 0 Å². The lowest BCUT2D eigenvalue weighted by atomic mass is 10.3. The predicted molar refractivity (Wildman–Crippen MR) is 100 cm³/mol. The molecule has 1 heterocycles. The van der Waals surface area contributed by atoms with Crippen molar-refractivity contribution in [1.29, 1.82) is 0 Å². The third-order valence-electron chi connectivity index (χ3n) is 3.79. The number of amides is 1. The predicted octanol–water partition coefficient (Wildman–Crippen LogP) is 4.57. The molecule has 9 heteroatoms. The molecule has 1 aliphatic rings. The Labute approximate surface area is 160 Å². The smallest absolute Gasteiger partial charge is 0.261 e. The Morgan fingerprint density at radius 3 is 2.20 bits per heavy atom. The van der Waals surface area contributed by atoms with E-state index in [1.54, 1.807) is 17.0 Å². The van der Waals surface area contributed by atoms with Crippen molar-refractivity contribution in [2.75, 3.05) is 16.2 Å². The van der Waals surface area contributed by atoms with Crippen LogP contribution in [0.3, 0.4) is 0 Å². The number of nitrogens with one attached hydrogen (secondary N) is 1. The van der Waals surface area contributed by atoms with Gasteiger partial charge in [0.25, 0.3) is 10.0 Å². The Hall–Kier alpha value is -1.47. The van der Waals surface area contributed by atoms with Gasteiger partial charge in [0, 0.05) is 18.7 Å². The largest absolute Gasteiger partial charge is 0.312 e. The molecule has 1 fully saturated rings. The highest BCUT2D eigenvalue weighted by atomic mass is 35.5. The molecule has 0 bridgehead atoms. The Morgan fingerprint density at radius 1 is 0.960 bits per heavy atom. The van der Waals surface area contributed by atoms with E-state index in [1.165, 1.54) is 24.3 Å². The average Bonchev–Trinajstić information content (AvgIpc) is 2.98. The topological polar surface area (TPSA) is 66.5 Å². The van der Waals surface area contributed by atoms with E-state index in [4.69, 9.17) is 34.8 Å². The van der Waals surface area contributed by atoms with Crippen LogP contribution in [0.15, 0.2) is 41.3 Å². The van der Waals surface area contributed by atoms with Crippen molar-refractivity contribution in [1.82, 2.24) is 0 Å². The van der Waals surface area contributed by atoms with Gasteiger partial charge in [0.1, 0.15) is 0 Å². The maximum Gasteiger partial charge on any atom is 0.261 e. The van der Waals surface area contributed by atoms with Gasteiger partial charge in [-0.3, -0.25) is 9.52 Å². The van der Waals surface area contributed by atoms with E-state index in [-0.39, 0.29) is 31.6 Å². The van der Waals surface area contributed by atoms with E-state index >= 15 is 0 Å².